The van der Waals surface area contributed by atoms with Gasteiger partial charge in [-0.3, -0.25) is 0 Å². The number of rotatable bonds is 2. The van der Waals surface area contributed by atoms with Gasteiger partial charge < -0.3 is 0 Å². The minimum absolute atomic E-state index is 0.658. The van der Waals surface area contributed by atoms with Crippen molar-refractivity contribution in [1.82, 2.24) is 0 Å². The third-order valence-corrected chi connectivity index (χ3v) is 2.60. The van der Waals surface area contributed by atoms with Gasteiger partial charge in [-0.05, 0) is 23.3 Å². The molecule has 0 saturated carbocycles. The van der Waals surface area contributed by atoms with E-state index in [0.717, 1.165) is 11.1 Å². The highest BCUT2D eigenvalue weighted by Crippen LogP contribution is 2.21. The Kier molecular flexibility index (Phi) is 3.59. The van der Waals surface area contributed by atoms with Crippen LogP contribution in [0, 0.1) is 6.57 Å². The van der Waals surface area contributed by atoms with Crippen molar-refractivity contribution in [1.29, 1.82) is 0 Å². The minimum Gasteiger partial charge on any atom is -0.238 e. The number of nitrogens with zero attached hydrogens (tertiary/aromatic N) is 1. The Hall–Kier alpha value is -2.04. The molecule has 0 aliphatic rings. The number of halogens is 1. The van der Waals surface area contributed by atoms with Crippen molar-refractivity contribution in [3.05, 3.63) is 76.1 Å². The van der Waals surface area contributed by atoms with Crippen LogP contribution in [0.1, 0.15) is 11.1 Å². The van der Waals surface area contributed by atoms with Gasteiger partial charge in [0.05, 0.1) is 6.57 Å². The molecule has 2 rings (SSSR count). The van der Waals surface area contributed by atoms with Gasteiger partial charge in [0.2, 0.25) is 0 Å². The van der Waals surface area contributed by atoms with Gasteiger partial charge in [-0.25, -0.2) is 4.85 Å². The molecule has 0 heterocycles. The quantitative estimate of drug-likeness (QED) is 0.510. The maximum absolute atomic E-state index is 7.07. The van der Waals surface area contributed by atoms with Gasteiger partial charge in [-0.2, -0.15) is 0 Å². The van der Waals surface area contributed by atoms with E-state index in [4.69, 9.17) is 18.2 Å². The first-order valence-electron chi connectivity index (χ1n) is 5.20. The molecule has 0 N–H and O–H groups in total. The summed E-state index contributed by atoms with van der Waals surface area (Å²) in [6.07, 6.45) is 3.88. The maximum atomic E-state index is 7.07. The molecule has 0 saturated heterocycles. The van der Waals surface area contributed by atoms with Crippen LogP contribution in [0.15, 0.2) is 48.5 Å². The summed E-state index contributed by atoms with van der Waals surface area (Å²) >= 11 is 5.90. The van der Waals surface area contributed by atoms with E-state index in [-0.39, 0.29) is 0 Å². The summed E-state index contributed by atoms with van der Waals surface area (Å²) in [5, 5.41) is 0.714. The fraction of sp³-hybridized carbons (Fsp3) is 0. The van der Waals surface area contributed by atoms with E-state index in [1.165, 1.54) is 0 Å². The molecule has 0 bridgehead atoms. The van der Waals surface area contributed by atoms with Gasteiger partial charge in [0.25, 0.3) is 0 Å². The number of para-hydroxylation sites is 1. The molecular weight excluding hydrogens is 230 g/mol. The van der Waals surface area contributed by atoms with Crippen LogP contribution < -0.4 is 0 Å². The molecule has 0 fully saturated rings. The van der Waals surface area contributed by atoms with Crippen molar-refractivity contribution >= 4 is 29.4 Å². The van der Waals surface area contributed by atoms with E-state index in [1.807, 2.05) is 60.7 Å². The molecule has 17 heavy (non-hydrogen) atoms. The van der Waals surface area contributed by atoms with E-state index in [1.54, 1.807) is 0 Å². The first-order valence-corrected chi connectivity index (χ1v) is 5.57. The minimum atomic E-state index is 0.658. The highest BCUT2D eigenvalue weighted by atomic mass is 35.5. The monoisotopic (exact) mass is 239 g/mol. The predicted octanol–water partition coefficient (Wildman–Crippen LogP) is 5.06. The predicted molar refractivity (Wildman–Crippen MR) is 73.1 cm³/mol. The zero-order chi connectivity index (χ0) is 12.1. The zero-order valence-electron chi connectivity index (χ0n) is 9.10. The highest BCUT2D eigenvalue weighted by molar-refractivity contribution is 6.30. The van der Waals surface area contributed by atoms with Gasteiger partial charge in [-0.1, -0.05) is 60.2 Å². The van der Waals surface area contributed by atoms with Crippen molar-refractivity contribution in [2.24, 2.45) is 0 Å². The second-order valence-corrected chi connectivity index (χ2v) is 4.00. The molecule has 0 atom stereocenters. The molecular formula is C15H10ClN. The van der Waals surface area contributed by atoms with Crippen molar-refractivity contribution in [3.8, 4) is 0 Å². The Morgan fingerprint density at radius 1 is 1.00 bits per heavy atom. The molecule has 0 aliphatic heterocycles. The van der Waals surface area contributed by atoms with E-state index in [2.05, 4.69) is 4.85 Å². The first-order chi connectivity index (χ1) is 8.29. The van der Waals surface area contributed by atoms with Gasteiger partial charge in [0, 0.05) is 5.02 Å². The van der Waals surface area contributed by atoms with Gasteiger partial charge in [0.1, 0.15) is 0 Å². The highest BCUT2D eigenvalue weighted by Gasteiger charge is 1.96. The van der Waals surface area contributed by atoms with Crippen molar-refractivity contribution in [3.63, 3.8) is 0 Å². The summed E-state index contributed by atoms with van der Waals surface area (Å²) in [7, 11) is 0. The number of benzene rings is 2. The normalized spacial score (nSPS) is 10.4. The van der Waals surface area contributed by atoms with Crippen molar-refractivity contribution in [2.45, 2.75) is 0 Å². The standard InChI is InChI=1S/C15H10ClN/c1-17-15-8-3-2-6-13(15)10-9-12-5-4-7-14(16)11-12/h2-11H. The molecule has 0 radical (unpaired) electrons. The Morgan fingerprint density at radius 2 is 1.82 bits per heavy atom. The lowest BCUT2D eigenvalue weighted by Crippen LogP contribution is -1.73. The topological polar surface area (TPSA) is 4.36 Å². The van der Waals surface area contributed by atoms with Crippen LogP contribution in [0.3, 0.4) is 0 Å². The Labute approximate surface area is 106 Å². The van der Waals surface area contributed by atoms with Crippen molar-refractivity contribution in [2.75, 3.05) is 0 Å². The molecule has 0 unspecified atom stereocenters. The van der Waals surface area contributed by atoms with Crippen LogP contribution in [0.5, 0.6) is 0 Å². The fourth-order valence-corrected chi connectivity index (χ4v) is 1.73. The van der Waals surface area contributed by atoms with E-state index in [0.29, 0.717) is 10.7 Å². The van der Waals surface area contributed by atoms with Crippen LogP contribution >= 0.6 is 11.6 Å². The SMILES string of the molecule is [C-]#[N+]c1ccccc1C=Cc1cccc(Cl)c1. The first kappa shape index (κ1) is 11.4. The lowest BCUT2D eigenvalue weighted by molar-refractivity contribution is 1.65. The fourth-order valence-electron chi connectivity index (χ4n) is 1.53. The molecule has 2 aromatic carbocycles. The molecule has 0 amide bonds. The third-order valence-electron chi connectivity index (χ3n) is 2.36. The van der Waals surface area contributed by atoms with Gasteiger partial charge in [-0.15, -0.1) is 0 Å². The lowest BCUT2D eigenvalue weighted by Gasteiger charge is -1.97. The smallest absolute Gasteiger partial charge is 0.194 e. The summed E-state index contributed by atoms with van der Waals surface area (Å²) in [6, 6.07) is 15.1. The number of hydrogen-bond acceptors (Lipinski definition) is 0. The second kappa shape index (κ2) is 5.34. The van der Waals surface area contributed by atoms with E-state index in [9.17, 15) is 0 Å². The zero-order valence-corrected chi connectivity index (χ0v) is 9.85. The molecule has 0 aromatic heterocycles. The van der Waals surface area contributed by atoms with Crippen LogP contribution in [-0.2, 0) is 0 Å². The molecule has 2 heteroatoms. The Bertz CT molecular complexity index is 594. The van der Waals surface area contributed by atoms with Gasteiger partial charge in [0.15, 0.2) is 5.69 Å². The number of hydrogen-bond donors (Lipinski definition) is 0. The average Bonchev–Trinajstić information content (AvgIpc) is 2.37. The Balaban J connectivity index is 2.30. The molecule has 2 aromatic rings. The van der Waals surface area contributed by atoms with Crippen molar-refractivity contribution < 1.29 is 0 Å². The summed E-state index contributed by atoms with van der Waals surface area (Å²) in [4.78, 5) is 3.47. The largest absolute Gasteiger partial charge is 0.238 e. The van der Waals surface area contributed by atoms with Crippen LogP contribution in [0.25, 0.3) is 17.0 Å². The lowest BCUT2D eigenvalue weighted by atomic mass is 10.1. The molecule has 82 valence electrons. The molecule has 0 aliphatic carbocycles. The van der Waals surface area contributed by atoms with Crippen LogP contribution in [0.4, 0.5) is 5.69 Å². The maximum Gasteiger partial charge on any atom is 0.194 e. The van der Waals surface area contributed by atoms with E-state index >= 15 is 0 Å². The Morgan fingerprint density at radius 3 is 2.59 bits per heavy atom. The molecule has 1 nitrogen and oxygen atoms in total. The van der Waals surface area contributed by atoms with Crippen LogP contribution in [-0.4, -0.2) is 0 Å². The second-order valence-electron chi connectivity index (χ2n) is 3.56. The molecule has 0 spiro atoms. The summed E-state index contributed by atoms with van der Waals surface area (Å²) in [5.74, 6) is 0. The summed E-state index contributed by atoms with van der Waals surface area (Å²) in [5.41, 5.74) is 2.60. The summed E-state index contributed by atoms with van der Waals surface area (Å²) in [6.45, 7) is 7.07. The van der Waals surface area contributed by atoms with Crippen LogP contribution in [0.2, 0.25) is 5.02 Å². The third kappa shape index (κ3) is 2.96. The van der Waals surface area contributed by atoms with E-state index < -0.39 is 0 Å². The van der Waals surface area contributed by atoms with Gasteiger partial charge >= 0.3 is 0 Å². The average molecular weight is 240 g/mol. The summed E-state index contributed by atoms with van der Waals surface area (Å²) < 4.78 is 0.